The lowest BCUT2D eigenvalue weighted by Gasteiger charge is -2.14. The van der Waals surface area contributed by atoms with Crippen LogP contribution in [-0.4, -0.2) is 22.3 Å². The number of rotatable bonds is 7. The molecule has 0 rings (SSSR count). The van der Waals surface area contributed by atoms with Crippen LogP contribution in [0.15, 0.2) is 11.6 Å². The zero-order chi connectivity index (χ0) is 11.8. The van der Waals surface area contributed by atoms with E-state index in [0.29, 0.717) is 12.3 Å². The van der Waals surface area contributed by atoms with Crippen LogP contribution in [-0.2, 0) is 4.79 Å². The van der Waals surface area contributed by atoms with E-state index in [9.17, 15) is 9.90 Å². The largest absolute Gasteiger partial charge is 0.481 e. The van der Waals surface area contributed by atoms with Crippen LogP contribution < -0.4 is 0 Å². The lowest BCUT2D eigenvalue weighted by molar-refractivity contribution is -0.139. The molecule has 0 amide bonds. The van der Waals surface area contributed by atoms with Gasteiger partial charge in [-0.2, -0.15) is 0 Å². The summed E-state index contributed by atoms with van der Waals surface area (Å²) < 4.78 is 0. The second-order valence-electron chi connectivity index (χ2n) is 4.45. The fourth-order valence-electron chi connectivity index (χ4n) is 1.52. The Morgan fingerprint density at radius 1 is 1.40 bits per heavy atom. The summed E-state index contributed by atoms with van der Waals surface area (Å²) in [6.07, 6.45) is 3.89. The topological polar surface area (TPSA) is 57.5 Å². The highest BCUT2D eigenvalue weighted by atomic mass is 16.4. The molecule has 0 spiro atoms. The molecule has 0 fully saturated rings. The maximum Gasteiger partial charge on any atom is 0.305 e. The smallest absolute Gasteiger partial charge is 0.305 e. The first-order chi connectivity index (χ1) is 6.91. The maximum atomic E-state index is 10.3. The van der Waals surface area contributed by atoms with E-state index in [-0.39, 0.29) is 6.42 Å². The van der Waals surface area contributed by atoms with Gasteiger partial charge in [0.2, 0.25) is 0 Å². The fraction of sp³-hybridized carbons (Fsp3) is 0.750. The lowest BCUT2D eigenvalue weighted by Crippen LogP contribution is -2.16. The molecule has 3 heteroatoms. The molecule has 88 valence electrons. The van der Waals surface area contributed by atoms with Gasteiger partial charge in [0.05, 0.1) is 12.5 Å². The Balaban J connectivity index is 3.68. The monoisotopic (exact) mass is 214 g/mol. The van der Waals surface area contributed by atoms with Crippen molar-refractivity contribution in [1.29, 1.82) is 0 Å². The third kappa shape index (κ3) is 9.47. The van der Waals surface area contributed by atoms with Crippen molar-refractivity contribution in [2.75, 3.05) is 0 Å². The van der Waals surface area contributed by atoms with Crippen LogP contribution >= 0.6 is 0 Å². The summed E-state index contributed by atoms with van der Waals surface area (Å²) >= 11 is 0. The van der Waals surface area contributed by atoms with Crippen molar-refractivity contribution in [2.24, 2.45) is 5.92 Å². The van der Waals surface area contributed by atoms with Crippen LogP contribution in [0.1, 0.15) is 46.5 Å². The number of carboxylic acid groups (broad SMARTS) is 1. The number of aliphatic hydroxyl groups excluding tert-OH is 1. The van der Waals surface area contributed by atoms with Crippen molar-refractivity contribution in [1.82, 2.24) is 0 Å². The molecule has 2 atom stereocenters. The van der Waals surface area contributed by atoms with Crippen molar-refractivity contribution in [3.05, 3.63) is 11.6 Å². The Morgan fingerprint density at radius 2 is 2.00 bits per heavy atom. The summed E-state index contributed by atoms with van der Waals surface area (Å²) in [5.41, 5.74) is 1.30. The third-order valence-electron chi connectivity index (χ3n) is 2.30. The van der Waals surface area contributed by atoms with Gasteiger partial charge in [0.15, 0.2) is 0 Å². The zero-order valence-electron chi connectivity index (χ0n) is 9.86. The lowest BCUT2D eigenvalue weighted by atomic mass is 9.96. The average molecular weight is 214 g/mol. The normalized spacial score (nSPS) is 14.4. The Morgan fingerprint density at radius 3 is 2.47 bits per heavy atom. The predicted molar refractivity (Wildman–Crippen MR) is 60.7 cm³/mol. The van der Waals surface area contributed by atoms with Gasteiger partial charge in [-0.25, -0.2) is 0 Å². The number of hydrogen-bond donors (Lipinski definition) is 2. The Labute approximate surface area is 91.8 Å². The number of aliphatic carboxylic acids is 1. The molecule has 2 unspecified atom stereocenters. The van der Waals surface area contributed by atoms with Gasteiger partial charge in [-0.1, -0.05) is 18.6 Å². The van der Waals surface area contributed by atoms with Crippen LogP contribution in [0.25, 0.3) is 0 Å². The van der Waals surface area contributed by atoms with Gasteiger partial charge in [-0.15, -0.1) is 0 Å². The highest BCUT2D eigenvalue weighted by Gasteiger charge is 2.13. The van der Waals surface area contributed by atoms with Crippen molar-refractivity contribution in [3.8, 4) is 0 Å². The first kappa shape index (κ1) is 14.2. The number of aliphatic hydroxyl groups is 1. The summed E-state index contributed by atoms with van der Waals surface area (Å²) in [6.45, 7) is 6.16. The number of carboxylic acids is 1. The standard InChI is InChI=1S/C12H22O3/c1-9(2)5-4-6-10(3)7-11(13)8-12(14)15/h5,10-11,13H,4,6-8H2,1-3H3,(H,14,15). The first-order valence-electron chi connectivity index (χ1n) is 5.45. The molecule has 0 aromatic rings. The van der Waals surface area contributed by atoms with Gasteiger partial charge in [0, 0.05) is 0 Å². The van der Waals surface area contributed by atoms with E-state index in [4.69, 9.17) is 5.11 Å². The Kier molecular flexibility index (Phi) is 7.05. The average Bonchev–Trinajstić information content (AvgIpc) is 2.00. The van der Waals surface area contributed by atoms with Crippen molar-refractivity contribution >= 4 is 5.97 Å². The summed E-state index contributed by atoms with van der Waals surface area (Å²) in [5.74, 6) is -0.561. The number of carbonyl (C=O) groups is 1. The van der Waals surface area contributed by atoms with Crippen LogP contribution in [0, 0.1) is 5.92 Å². The summed E-state index contributed by atoms with van der Waals surface area (Å²) in [6, 6.07) is 0. The van der Waals surface area contributed by atoms with Gasteiger partial charge in [0.25, 0.3) is 0 Å². The van der Waals surface area contributed by atoms with E-state index in [2.05, 4.69) is 19.9 Å². The van der Waals surface area contributed by atoms with Gasteiger partial charge in [0.1, 0.15) is 0 Å². The quantitative estimate of drug-likeness (QED) is 0.640. The van der Waals surface area contributed by atoms with Crippen LogP contribution in [0.2, 0.25) is 0 Å². The molecule has 0 radical (unpaired) electrons. The molecule has 0 heterocycles. The minimum Gasteiger partial charge on any atom is -0.481 e. The van der Waals surface area contributed by atoms with Crippen molar-refractivity contribution in [3.63, 3.8) is 0 Å². The Bertz CT molecular complexity index is 217. The molecule has 0 aliphatic rings. The predicted octanol–water partition coefficient (Wildman–Crippen LogP) is 2.59. The summed E-state index contributed by atoms with van der Waals surface area (Å²) in [4.78, 5) is 10.3. The molecule has 3 nitrogen and oxygen atoms in total. The van der Waals surface area contributed by atoms with E-state index in [1.807, 2.05) is 6.92 Å². The zero-order valence-corrected chi connectivity index (χ0v) is 9.86. The second kappa shape index (κ2) is 7.46. The molecule has 0 aromatic heterocycles. The van der Waals surface area contributed by atoms with Gasteiger partial charge in [-0.3, -0.25) is 4.79 Å². The molecular formula is C12H22O3. The molecular weight excluding hydrogens is 192 g/mol. The molecule has 0 aliphatic carbocycles. The van der Waals surface area contributed by atoms with Crippen molar-refractivity contribution < 1.29 is 15.0 Å². The van der Waals surface area contributed by atoms with Crippen LogP contribution in [0.4, 0.5) is 0 Å². The maximum absolute atomic E-state index is 10.3. The minimum atomic E-state index is -0.931. The minimum absolute atomic E-state index is 0.146. The fourth-order valence-corrected chi connectivity index (χ4v) is 1.52. The highest BCUT2D eigenvalue weighted by Crippen LogP contribution is 2.15. The molecule has 0 aliphatic heterocycles. The van der Waals surface area contributed by atoms with Gasteiger partial charge in [-0.05, 0) is 39.0 Å². The van der Waals surface area contributed by atoms with Crippen LogP contribution in [0.5, 0.6) is 0 Å². The summed E-state index contributed by atoms with van der Waals surface area (Å²) in [5, 5.41) is 17.9. The van der Waals surface area contributed by atoms with Crippen molar-refractivity contribution in [2.45, 2.75) is 52.6 Å². The van der Waals surface area contributed by atoms with Crippen LogP contribution in [0.3, 0.4) is 0 Å². The molecule has 15 heavy (non-hydrogen) atoms. The number of hydrogen-bond acceptors (Lipinski definition) is 2. The highest BCUT2D eigenvalue weighted by molar-refractivity contribution is 5.67. The van der Waals surface area contributed by atoms with E-state index in [0.717, 1.165) is 12.8 Å². The molecule has 0 saturated heterocycles. The second-order valence-corrected chi connectivity index (χ2v) is 4.45. The molecule has 0 aromatic carbocycles. The Hall–Kier alpha value is -0.830. The van der Waals surface area contributed by atoms with Gasteiger partial charge >= 0.3 is 5.97 Å². The SMILES string of the molecule is CC(C)=CCCC(C)CC(O)CC(=O)O. The van der Waals surface area contributed by atoms with E-state index in [1.165, 1.54) is 5.57 Å². The van der Waals surface area contributed by atoms with E-state index < -0.39 is 12.1 Å². The molecule has 2 N–H and O–H groups in total. The van der Waals surface area contributed by atoms with E-state index in [1.54, 1.807) is 0 Å². The number of allylic oxidation sites excluding steroid dienone is 2. The molecule has 0 bridgehead atoms. The molecule has 0 saturated carbocycles. The summed E-state index contributed by atoms with van der Waals surface area (Å²) in [7, 11) is 0. The third-order valence-corrected chi connectivity index (χ3v) is 2.30. The van der Waals surface area contributed by atoms with Gasteiger partial charge < -0.3 is 10.2 Å². The van der Waals surface area contributed by atoms with E-state index >= 15 is 0 Å². The first-order valence-corrected chi connectivity index (χ1v) is 5.45.